The number of aromatic nitrogens is 1. The molecule has 0 saturated heterocycles. The lowest BCUT2D eigenvalue weighted by molar-refractivity contribution is -0.136. The summed E-state index contributed by atoms with van der Waals surface area (Å²) in [4.78, 5) is 18.6. The van der Waals surface area contributed by atoms with Gasteiger partial charge in [-0.1, -0.05) is 42.5 Å². The Balaban J connectivity index is 1.95. The largest absolute Gasteiger partial charge is 0.418 e. The van der Waals surface area contributed by atoms with Crippen molar-refractivity contribution in [3.05, 3.63) is 95.9 Å². The van der Waals surface area contributed by atoms with Crippen molar-refractivity contribution in [2.75, 3.05) is 11.9 Å². The van der Waals surface area contributed by atoms with E-state index < -0.39 is 23.5 Å². The molecule has 0 spiro atoms. The van der Waals surface area contributed by atoms with Gasteiger partial charge in [-0.25, -0.2) is 4.39 Å². The Bertz CT molecular complexity index is 1250. The minimum absolute atomic E-state index is 0.143. The molecule has 0 fully saturated rings. The monoisotopic (exact) mass is 424 g/mol. The molecule has 0 radical (unpaired) electrons. The first-order valence-corrected chi connectivity index (χ1v) is 9.35. The number of halogens is 4. The van der Waals surface area contributed by atoms with E-state index in [2.05, 4.69) is 4.98 Å². The average molecular weight is 424 g/mol. The number of nitrogens with zero attached hydrogens (tertiary/aromatic N) is 2. The third-order valence-corrected chi connectivity index (χ3v) is 5.01. The van der Waals surface area contributed by atoms with Crippen LogP contribution in [0.25, 0.3) is 22.0 Å². The van der Waals surface area contributed by atoms with E-state index in [0.29, 0.717) is 16.8 Å². The third kappa shape index (κ3) is 3.86. The minimum Gasteiger partial charge on any atom is -0.311 e. The van der Waals surface area contributed by atoms with Crippen molar-refractivity contribution in [1.82, 2.24) is 4.98 Å². The molecule has 0 aliphatic rings. The summed E-state index contributed by atoms with van der Waals surface area (Å²) in [6.07, 6.45) is -3.42. The lowest BCUT2D eigenvalue weighted by atomic mass is 9.94. The first kappa shape index (κ1) is 20.5. The van der Waals surface area contributed by atoms with Gasteiger partial charge in [0, 0.05) is 29.9 Å². The Kier molecular flexibility index (Phi) is 5.19. The second-order valence-electron chi connectivity index (χ2n) is 6.95. The molecule has 0 aliphatic carbocycles. The van der Waals surface area contributed by atoms with Crippen LogP contribution >= 0.6 is 0 Å². The number of pyridine rings is 1. The van der Waals surface area contributed by atoms with E-state index in [4.69, 9.17) is 0 Å². The van der Waals surface area contributed by atoms with Crippen molar-refractivity contribution < 1.29 is 22.4 Å². The summed E-state index contributed by atoms with van der Waals surface area (Å²) < 4.78 is 53.9. The molecule has 0 aliphatic heterocycles. The zero-order valence-corrected chi connectivity index (χ0v) is 16.3. The van der Waals surface area contributed by atoms with Gasteiger partial charge in [0.05, 0.1) is 16.6 Å². The summed E-state index contributed by atoms with van der Waals surface area (Å²) in [5.41, 5.74) is 0.433. The molecule has 1 aromatic heterocycles. The maximum absolute atomic E-state index is 13.5. The molecule has 1 amide bonds. The predicted octanol–water partition coefficient (Wildman–Crippen LogP) is 6.34. The first-order chi connectivity index (χ1) is 14.8. The fraction of sp³-hybridized carbons (Fsp3) is 0.0833. The molecule has 0 N–H and O–H groups in total. The van der Waals surface area contributed by atoms with Gasteiger partial charge >= 0.3 is 6.18 Å². The van der Waals surface area contributed by atoms with E-state index >= 15 is 0 Å². The second kappa shape index (κ2) is 7.83. The van der Waals surface area contributed by atoms with Crippen molar-refractivity contribution in [3.63, 3.8) is 0 Å². The van der Waals surface area contributed by atoms with Crippen LogP contribution in [0.2, 0.25) is 0 Å². The van der Waals surface area contributed by atoms with Crippen LogP contribution in [0.1, 0.15) is 15.9 Å². The number of alkyl halides is 3. The van der Waals surface area contributed by atoms with Gasteiger partial charge in [-0.3, -0.25) is 9.78 Å². The van der Waals surface area contributed by atoms with Crippen LogP contribution in [0.4, 0.5) is 23.2 Å². The molecule has 1 heterocycles. The zero-order chi connectivity index (χ0) is 22.2. The van der Waals surface area contributed by atoms with Crippen molar-refractivity contribution in [1.29, 1.82) is 0 Å². The van der Waals surface area contributed by atoms with Crippen LogP contribution in [-0.4, -0.2) is 17.9 Å². The standard InChI is InChI=1S/C24H16F4N2O/c1-30(17-12-10-16(25)11-13-17)23(31)19-14-29-22-18(8-5-9-20(22)24(26,27)28)21(19)15-6-3-2-4-7-15/h2-14H,1H3. The molecule has 7 heteroatoms. The van der Waals surface area contributed by atoms with Crippen LogP contribution in [0.3, 0.4) is 0 Å². The maximum Gasteiger partial charge on any atom is 0.418 e. The number of fused-ring (bicyclic) bond motifs is 1. The van der Waals surface area contributed by atoms with Gasteiger partial charge in [-0.2, -0.15) is 13.2 Å². The number of para-hydroxylation sites is 1. The SMILES string of the molecule is CN(C(=O)c1cnc2c(C(F)(F)F)cccc2c1-c1ccccc1)c1ccc(F)cc1. The molecule has 156 valence electrons. The quantitative estimate of drug-likeness (QED) is 0.360. The number of hydrogen-bond acceptors (Lipinski definition) is 2. The second-order valence-corrected chi connectivity index (χ2v) is 6.95. The highest BCUT2D eigenvalue weighted by atomic mass is 19.4. The van der Waals surface area contributed by atoms with E-state index in [1.54, 1.807) is 30.3 Å². The number of carbonyl (C=O) groups is 1. The first-order valence-electron chi connectivity index (χ1n) is 9.35. The topological polar surface area (TPSA) is 33.2 Å². The van der Waals surface area contributed by atoms with Crippen LogP contribution in [0.15, 0.2) is 79.0 Å². The van der Waals surface area contributed by atoms with E-state index in [1.807, 2.05) is 0 Å². The molecule has 0 saturated carbocycles. The van der Waals surface area contributed by atoms with E-state index in [9.17, 15) is 22.4 Å². The number of benzene rings is 3. The average Bonchev–Trinajstić information content (AvgIpc) is 2.77. The molecule has 4 rings (SSSR count). The van der Waals surface area contributed by atoms with Crippen LogP contribution in [0.5, 0.6) is 0 Å². The molecule has 31 heavy (non-hydrogen) atoms. The van der Waals surface area contributed by atoms with E-state index in [0.717, 1.165) is 6.07 Å². The Hall–Kier alpha value is -3.74. The molecule has 3 aromatic carbocycles. The normalized spacial score (nSPS) is 11.5. The van der Waals surface area contributed by atoms with Gasteiger partial charge in [0.25, 0.3) is 5.91 Å². The predicted molar refractivity (Wildman–Crippen MR) is 111 cm³/mol. The molecule has 0 atom stereocenters. The highest BCUT2D eigenvalue weighted by Crippen LogP contribution is 2.38. The van der Waals surface area contributed by atoms with Crippen molar-refractivity contribution in [2.24, 2.45) is 0 Å². The lowest BCUT2D eigenvalue weighted by Crippen LogP contribution is -2.27. The summed E-state index contributed by atoms with van der Waals surface area (Å²) >= 11 is 0. The molecule has 0 unspecified atom stereocenters. The van der Waals surface area contributed by atoms with Gasteiger partial charge in [-0.15, -0.1) is 0 Å². The van der Waals surface area contributed by atoms with Crippen LogP contribution in [0, 0.1) is 5.82 Å². The number of anilines is 1. The molecule has 3 nitrogen and oxygen atoms in total. The fourth-order valence-electron chi connectivity index (χ4n) is 3.49. The molecule has 0 bridgehead atoms. The Morgan fingerprint density at radius 2 is 1.58 bits per heavy atom. The number of rotatable bonds is 3. The maximum atomic E-state index is 13.5. The van der Waals surface area contributed by atoms with Gasteiger partial charge in [-0.05, 0) is 35.9 Å². The van der Waals surface area contributed by atoms with Gasteiger partial charge in [0.15, 0.2) is 0 Å². The summed E-state index contributed by atoms with van der Waals surface area (Å²) in [6.45, 7) is 0. The highest BCUT2D eigenvalue weighted by molar-refractivity contribution is 6.14. The lowest BCUT2D eigenvalue weighted by Gasteiger charge is -2.21. The van der Waals surface area contributed by atoms with Crippen molar-refractivity contribution >= 4 is 22.5 Å². The van der Waals surface area contributed by atoms with Crippen molar-refractivity contribution in [3.8, 4) is 11.1 Å². The summed E-state index contributed by atoms with van der Waals surface area (Å²) in [5.74, 6) is -0.918. The summed E-state index contributed by atoms with van der Waals surface area (Å²) in [6, 6.07) is 17.9. The Morgan fingerprint density at radius 3 is 2.23 bits per heavy atom. The van der Waals surface area contributed by atoms with Crippen LogP contribution in [-0.2, 0) is 6.18 Å². The summed E-state index contributed by atoms with van der Waals surface area (Å²) in [7, 11) is 1.51. The fourth-order valence-corrected chi connectivity index (χ4v) is 3.49. The Morgan fingerprint density at radius 1 is 0.903 bits per heavy atom. The third-order valence-electron chi connectivity index (χ3n) is 5.01. The van der Waals surface area contributed by atoms with Crippen molar-refractivity contribution in [2.45, 2.75) is 6.18 Å². The van der Waals surface area contributed by atoms with Gasteiger partial charge < -0.3 is 4.90 Å². The summed E-state index contributed by atoms with van der Waals surface area (Å²) in [5, 5.41) is 0.222. The Labute approximate surface area is 175 Å². The smallest absolute Gasteiger partial charge is 0.311 e. The van der Waals surface area contributed by atoms with E-state index in [-0.39, 0.29) is 16.5 Å². The highest BCUT2D eigenvalue weighted by Gasteiger charge is 2.34. The number of amides is 1. The molecular weight excluding hydrogens is 408 g/mol. The zero-order valence-electron chi connectivity index (χ0n) is 16.3. The molecular formula is C24H16F4N2O. The number of hydrogen-bond donors (Lipinski definition) is 0. The van der Waals surface area contributed by atoms with Crippen LogP contribution < -0.4 is 4.90 Å². The number of carbonyl (C=O) groups excluding carboxylic acids is 1. The van der Waals surface area contributed by atoms with Gasteiger partial charge in [0.2, 0.25) is 0 Å². The van der Waals surface area contributed by atoms with E-state index in [1.165, 1.54) is 54.5 Å². The minimum atomic E-state index is -4.59. The van der Waals surface area contributed by atoms with Gasteiger partial charge in [0.1, 0.15) is 5.82 Å². The molecule has 4 aromatic rings.